The molecular formula is C19H26N6O. The van der Waals surface area contributed by atoms with Crippen molar-refractivity contribution < 1.29 is 4.79 Å². The number of hydrogen-bond acceptors (Lipinski definition) is 4. The number of carbonyl (C=O) groups excluding carboxylic acids is 1. The Bertz CT molecular complexity index is 808. The van der Waals surface area contributed by atoms with Crippen LogP contribution in [0.4, 0.5) is 16.2 Å². The first kappa shape index (κ1) is 17.0. The summed E-state index contributed by atoms with van der Waals surface area (Å²) in [6, 6.07) is 2.34. The Balaban J connectivity index is 1.42. The molecule has 2 aliphatic carbocycles. The van der Waals surface area contributed by atoms with Crippen molar-refractivity contribution in [1.29, 1.82) is 0 Å². The molecule has 2 heterocycles. The molecular weight excluding hydrogens is 328 g/mol. The molecule has 1 atom stereocenters. The summed E-state index contributed by atoms with van der Waals surface area (Å²) in [4.78, 5) is 16.9. The van der Waals surface area contributed by atoms with Gasteiger partial charge in [-0.15, -0.1) is 0 Å². The lowest BCUT2D eigenvalue weighted by Crippen LogP contribution is -2.28. The van der Waals surface area contributed by atoms with Crippen molar-refractivity contribution in [2.75, 3.05) is 10.6 Å². The van der Waals surface area contributed by atoms with Crippen LogP contribution in [0.1, 0.15) is 55.1 Å². The highest BCUT2D eigenvalue weighted by atomic mass is 16.2. The first-order valence-corrected chi connectivity index (χ1v) is 9.45. The largest absolute Gasteiger partial charge is 0.327 e. The van der Waals surface area contributed by atoms with Gasteiger partial charge in [-0.2, -0.15) is 5.10 Å². The number of amides is 2. The first-order valence-electron chi connectivity index (χ1n) is 9.45. The molecule has 2 aliphatic rings. The maximum absolute atomic E-state index is 12.4. The lowest BCUT2D eigenvalue weighted by atomic mass is 9.92. The van der Waals surface area contributed by atoms with Crippen molar-refractivity contribution in [3.63, 3.8) is 0 Å². The SMILES string of the molecule is Cc1c(NC(=O)Nc2cnc3c(c2)CC(N)CC3)cnn1C1CCCC1. The van der Waals surface area contributed by atoms with E-state index in [1.807, 2.05) is 17.7 Å². The fourth-order valence-corrected chi connectivity index (χ4v) is 4.06. The minimum Gasteiger partial charge on any atom is -0.327 e. The van der Waals surface area contributed by atoms with Crippen LogP contribution in [0.2, 0.25) is 0 Å². The summed E-state index contributed by atoms with van der Waals surface area (Å²) in [6.45, 7) is 2.00. The number of aromatic nitrogens is 3. The van der Waals surface area contributed by atoms with Gasteiger partial charge in [0.1, 0.15) is 0 Å². The van der Waals surface area contributed by atoms with Crippen LogP contribution in [0, 0.1) is 6.92 Å². The normalized spacial score (nSPS) is 20.0. The monoisotopic (exact) mass is 354 g/mol. The van der Waals surface area contributed by atoms with Crippen molar-refractivity contribution >= 4 is 17.4 Å². The molecule has 2 aromatic rings. The van der Waals surface area contributed by atoms with E-state index in [0.29, 0.717) is 11.7 Å². The second kappa shape index (κ2) is 7.07. The van der Waals surface area contributed by atoms with E-state index in [9.17, 15) is 4.79 Å². The Kier molecular flexibility index (Phi) is 4.63. The molecule has 2 aromatic heterocycles. The molecule has 4 rings (SSSR count). The zero-order valence-electron chi connectivity index (χ0n) is 15.2. The fraction of sp³-hybridized carbons (Fsp3) is 0.526. The third-order valence-corrected chi connectivity index (χ3v) is 5.52. The predicted molar refractivity (Wildman–Crippen MR) is 101 cm³/mol. The molecule has 1 saturated carbocycles. The van der Waals surface area contributed by atoms with Crippen molar-refractivity contribution in [3.8, 4) is 0 Å². The van der Waals surface area contributed by atoms with E-state index in [1.165, 1.54) is 12.8 Å². The van der Waals surface area contributed by atoms with Gasteiger partial charge in [0.25, 0.3) is 0 Å². The predicted octanol–water partition coefficient (Wildman–Crippen LogP) is 3.16. The maximum atomic E-state index is 12.4. The van der Waals surface area contributed by atoms with Crippen LogP contribution in [-0.4, -0.2) is 26.8 Å². The number of anilines is 2. The molecule has 7 nitrogen and oxygen atoms in total. The zero-order chi connectivity index (χ0) is 18.1. The molecule has 1 fully saturated rings. The van der Waals surface area contributed by atoms with Crippen molar-refractivity contribution in [3.05, 3.63) is 35.4 Å². The third kappa shape index (κ3) is 3.44. The Labute approximate surface area is 153 Å². The number of carbonyl (C=O) groups is 1. The Morgan fingerprint density at radius 3 is 2.85 bits per heavy atom. The Hall–Kier alpha value is -2.41. The molecule has 4 N–H and O–H groups in total. The molecule has 138 valence electrons. The van der Waals surface area contributed by atoms with Crippen LogP contribution < -0.4 is 16.4 Å². The maximum Gasteiger partial charge on any atom is 0.323 e. The minimum absolute atomic E-state index is 0.178. The number of urea groups is 1. The fourth-order valence-electron chi connectivity index (χ4n) is 4.06. The van der Waals surface area contributed by atoms with E-state index in [4.69, 9.17) is 5.73 Å². The molecule has 2 amide bonds. The summed E-state index contributed by atoms with van der Waals surface area (Å²) in [7, 11) is 0. The van der Waals surface area contributed by atoms with Gasteiger partial charge in [0, 0.05) is 11.7 Å². The third-order valence-electron chi connectivity index (χ3n) is 5.52. The second-order valence-electron chi connectivity index (χ2n) is 7.44. The van der Waals surface area contributed by atoms with Crippen LogP contribution in [0.15, 0.2) is 18.5 Å². The molecule has 26 heavy (non-hydrogen) atoms. The van der Waals surface area contributed by atoms with Crippen molar-refractivity contribution in [2.24, 2.45) is 5.73 Å². The number of fused-ring (bicyclic) bond motifs is 1. The summed E-state index contributed by atoms with van der Waals surface area (Å²) in [5.41, 5.74) is 10.7. The highest BCUT2D eigenvalue weighted by Gasteiger charge is 2.21. The van der Waals surface area contributed by atoms with Crippen LogP contribution in [-0.2, 0) is 12.8 Å². The lowest BCUT2D eigenvalue weighted by Gasteiger charge is -2.21. The van der Waals surface area contributed by atoms with E-state index in [2.05, 4.69) is 20.7 Å². The molecule has 0 aliphatic heterocycles. The van der Waals surface area contributed by atoms with Crippen LogP contribution in [0.3, 0.4) is 0 Å². The average Bonchev–Trinajstić information content (AvgIpc) is 3.25. The van der Waals surface area contributed by atoms with Gasteiger partial charge in [-0.1, -0.05) is 12.8 Å². The number of nitrogens with zero attached hydrogens (tertiary/aromatic N) is 3. The molecule has 0 saturated heterocycles. The molecule has 0 bridgehead atoms. The van der Waals surface area contributed by atoms with Crippen LogP contribution >= 0.6 is 0 Å². The van der Waals surface area contributed by atoms with Gasteiger partial charge < -0.3 is 16.4 Å². The number of pyridine rings is 1. The van der Waals surface area contributed by atoms with Crippen molar-refractivity contribution in [2.45, 2.75) is 64.0 Å². The van der Waals surface area contributed by atoms with E-state index in [-0.39, 0.29) is 12.1 Å². The van der Waals surface area contributed by atoms with Gasteiger partial charge in [-0.3, -0.25) is 9.67 Å². The Morgan fingerprint density at radius 1 is 1.23 bits per heavy atom. The smallest absolute Gasteiger partial charge is 0.323 e. The van der Waals surface area contributed by atoms with Gasteiger partial charge in [-0.25, -0.2) is 4.79 Å². The lowest BCUT2D eigenvalue weighted by molar-refractivity contribution is 0.262. The number of hydrogen-bond donors (Lipinski definition) is 3. The molecule has 1 unspecified atom stereocenters. The standard InChI is InChI=1S/C19H26N6O/c1-12-18(11-22-25(12)16-4-2-3-5-16)24-19(26)23-15-9-13-8-14(20)6-7-17(13)21-10-15/h9-11,14,16H,2-8,20H2,1H3,(H2,23,24,26). The summed E-state index contributed by atoms with van der Waals surface area (Å²) in [5, 5.41) is 10.2. The quantitative estimate of drug-likeness (QED) is 0.788. The molecule has 0 radical (unpaired) electrons. The number of nitrogens with one attached hydrogen (secondary N) is 2. The Morgan fingerprint density at radius 2 is 2.04 bits per heavy atom. The van der Waals surface area contributed by atoms with E-state index in [0.717, 1.165) is 54.7 Å². The highest BCUT2D eigenvalue weighted by molar-refractivity contribution is 5.99. The van der Waals surface area contributed by atoms with E-state index < -0.39 is 0 Å². The second-order valence-corrected chi connectivity index (χ2v) is 7.44. The van der Waals surface area contributed by atoms with Crippen LogP contribution in [0.5, 0.6) is 0 Å². The molecule has 0 spiro atoms. The molecule has 7 heteroatoms. The number of rotatable bonds is 3. The van der Waals surface area contributed by atoms with Gasteiger partial charge in [-0.05, 0) is 50.7 Å². The average molecular weight is 354 g/mol. The topological polar surface area (TPSA) is 97.9 Å². The number of nitrogens with two attached hydrogens (primary N) is 1. The van der Waals surface area contributed by atoms with Gasteiger partial charge in [0.05, 0.1) is 35.5 Å². The molecule has 0 aromatic carbocycles. The summed E-state index contributed by atoms with van der Waals surface area (Å²) in [6.07, 6.45) is 11.0. The van der Waals surface area contributed by atoms with E-state index in [1.54, 1.807) is 12.4 Å². The van der Waals surface area contributed by atoms with Gasteiger partial charge in [0.2, 0.25) is 0 Å². The highest BCUT2D eigenvalue weighted by Crippen LogP contribution is 2.31. The van der Waals surface area contributed by atoms with Gasteiger partial charge in [0.15, 0.2) is 0 Å². The zero-order valence-corrected chi connectivity index (χ0v) is 15.2. The summed E-state index contributed by atoms with van der Waals surface area (Å²) < 4.78 is 2.05. The summed E-state index contributed by atoms with van der Waals surface area (Å²) in [5.74, 6) is 0. The summed E-state index contributed by atoms with van der Waals surface area (Å²) >= 11 is 0. The van der Waals surface area contributed by atoms with Gasteiger partial charge >= 0.3 is 6.03 Å². The van der Waals surface area contributed by atoms with Crippen molar-refractivity contribution in [1.82, 2.24) is 14.8 Å². The van der Waals surface area contributed by atoms with Crippen LogP contribution in [0.25, 0.3) is 0 Å². The first-order chi connectivity index (χ1) is 12.6. The minimum atomic E-state index is -0.277. The number of aryl methyl sites for hydroxylation is 1. The van der Waals surface area contributed by atoms with E-state index >= 15 is 0 Å².